The Morgan fingerprint density at radius 3 is 2.32 bits per heavy atom. The fraction of sp³-hybridized carbons (Fsp3) is 0.647. The van der Waals surface area contributed by atoms with Crippen LogP contribution in [0.15, 0.2) is 18.2 Å². The molecule has 1 rings (SSSR count). The third kappa shape index (κ3) is 4.87. The van der Waals surface area contributed by atoms with E-state index in [1.165, 1.54) is 11.1 Å². The predicted octanol–water partition coefficient (Wildman–Crippen LogP) is 4.44. The monoisotopic (exact) mass is 263 g/mol. The first-order chi connectivity index (χ1) is 8.95. The minimum absolute atomic E-state index is 0.287. The quantitative estimate of drug-likeness (QED) is 0.789. The Labute approximate surface area is 118 Å². The average molecular weight is 263 g/mol. The summed E-state index contributed by atoms with van der Waals surface area (Å²) in [6.45, 7) is 11.5. The van der Waals surface area contributed by atoms with Gasteiger partial charge >= 0.3 is 0 Å². The van der Waals surface area contributed by atoms with Gasteiger partial charge in [-0.2, -0.15) is 0 Å². The smallest absolute Gasteiger partial charge is 0.122 e. The second-order valence-electron chi connectivity index (χ2n) is 5.84. The van der Waals surface area contributed by atoms with Crippen LogP contribution in [0.2, 0.25) is 0 Å². The molecule has 19 heavy (non-hydrogen) atoms. The Hall–Kier alpha value is -1.02. The van der Waals surface area contributed by atoms with Gasteiger partial charge in [0.05, 0.1) is 6.61 Å². The second-order valence-corrected chi connectivity index (χ2v) is 5.84. The molecule has 0 radical (unpaired) electrons. The van der Waals surface area contributed by atoms with Crippen LogP contribution in [0, 0.1) is 0 Å². The Morgan fingerprint density at radius 1 is 1.11 bits per heavy atom. The van der Waals surface area contributed by atoms with Crippen molar-refractivity contribution in [3.8, 4) is 5.75 Å². The summed E-state index contributed by atoms with van der Waals surface area (Å²) < 4.78 is 5.71. The third-order valence-electron chi connectivity index (χ3n) is 3.58. The van der Waals surface area contributed by atoms with Crippen LogP contribution >= 0.6 is 0 Å². The van der Waals surface area contributed by atoms with Gasteiger partial charge in [-0.1, -0.05) is 32.9 Å². The first-order valence-corrected chi connectivity index (χ1v) is 7.47. The Bertz CT molecular complexity index is 385. The number of nitrogens with two attached hydrogens (primary N) is 1. The van der Waals surface area contributed by atoms with Gasteiger partial charge in [0.2, 0.25) is 0 Å². The maximum Gasteiger partial charge on any atom is 0.122 e. The van der Waals surface area contributed by atoms with Crippen molar-refractivity contribution in [1.29, 1.82) is 0 Å². The molecule has 2 unspecified atom stereocenters. The van der Waals surface area contributed by atoms with Crippen molar-refractivity contribution in [2.75, 3.05) is 6.61 Å². The fourth-order valence-corrected chi connectivity index (χ4v) is 2.29. The molecule has 1 aromatic rings. The third-order valence-corrected chi connectivity index (χ3v) is 3.58. The molecular formula is C17H29NO. The summed E-state index contributed by atoms with van der Waals surface area (Å²) in [5.41, 5.74) is 8.55. The Balaban J connectivity index is 2.88. The van der Waals surface area contributed by atoms with Crippen LogP contribution in [0.5, 0.6) is 5.75 Å². The van der Waals surface area contributed by atoms with Gasteiger partial charge in [0.25, 0.3) is 0 Å². The first kappa shape index (κ1) is 16.0. The SMILES string of the molecule is CCOc1ccc(C(C)CCC(C)N)cc1C(C)C. The van der Waals surface area contributed by atoms with Crippen LogP contribution in [-0.2, 0) is 0 Å². The zero-order valence-electron chi connectivity index (χ0n) is 13.1. The molecule has 0 bridgehead atoms. The van der Waals surface area contributed by atoms with Crippen molar-refractivity contribution >= 4 is 0 Å². The second kappa shape index (κ2) is 7.54. The zero-order valence-corrected chi connectivity index (χ0v) is 13.1. The fourth-order valence-electron chi connectivity index (χ4n) is 2.29. The summed E-state index contributed by atoms with van der Waals surface area (Å²) in [5, 5.41) is 0. The molecule has 2 heteroatoms. The number of hydrogen-bond acceptors (Lipinski definition) is 2. The minimum atomic E-state index is 0.287. The molecule has 0 aliphatic carbocycles. The highest BCUT2D eigenvalue weighted by Gasteiger charge is 2.12. The van der Waals surface area contributed by atoms with Crippen LogP contribution in [0.25, 0.3) is 0 Å². The molecule has 0 fully saturated rings. The Kier molecular flexibility index (Phi) is 6.36. The molecule has 0 aliphatic heterocycles. The van der Waals surface area contributed by atoms with Crippen molar-refractivity contribution in [2.24, 2.45) is 5.73 Å². The molecule has 0 saturated heterocycles. The number of benzene rings is 1. The van der Waals surface area contributed by atoms with E-state index < -0.39 is 0 Å². The van der Waals surface area contributed by atoms with Crippen LogP contribution in [-0.4, -0.2) is 12.6 Å². The van der Waals surface area contributed by atoms with E-state index in [2.05, 4.69) is 45.9 Å². The van der Waals surface area contributed by atoms with Crippen molar-refractivity contribution in [2.45, 2.75) is 65.3 Å². The maximum absolute atomic E-state index is 5.84. The summed E-state index contributed by atoms with van der Waals surface area (Å²) in [7, 11) is 0. The average Bonchev–Trinajstić information content (AvgIpc) is 2.36. The van der Waals surface area contributed by atoms with E-state index in [-0.39, 0.29) is 6.04 Å². The predicted molar refractivity (Wildman–Crippen MR) is 83.0 cm³/mol. The van der Waals surface area contributed by atoms with E-state index in [0.717, 1.165) is 25.2 Å². The maximum atomic E-state index is 5.84. The minimum Gasteiger partial charge on any atom is -0.494 e. The van der Waals surface area contributed by atoms with Gasteiger partial charge in [-0.15, -0.1) is 0 Å². The Morgan fingerprint density at radius 2 is 1.79 bits per heavy atom. The van der Waals surface area contributed by atoms with Crippen molar-refractivity contribution in [3.05, 3.63) is 29.3 Å². The molecule has 2 atom stereocenters. The van der Waals surface area contributed by atoms with Crippen LogP contribution in [0.3, 0.4) is 0 Å². The van der Waals surface area contributed by atoms with Gasteiger partial charge in [0.15, 0.2) is 0 Å². The van der Waals surface area contributed by atoms with E-state index in [0.29, 0.717) is 11.8 Å². The molecule has 2 N–H and O–H groups in total. The molecule has 1 aromatic carbocycles. The molecule has 0 spiro atoms. The lowest BCUT2D eigenvalue weighted by molar-refractivity contribution is 0.335. The van der Waals surface area contributed by atoms with Crippen LogP contribution in [0.4, 0.5) is 0 Å². The van der Waals surface area contributed by atoms with Gasteiger partial charge in [0, 0.05) is 6.04 Å². The summed E-state index contributed by atoms with van der Waals surface area (Å²) in [5.74, 6) is 2.07. The van der Waals surface area contributed by atoms with Crippen LogP contribution < -0.4 is 10.5 Å². The van der Waals surface area contributed by atoms with E-state index in [9.17, 15) is 0 Å². The topological polar surface area (TPSA) is 35.2 Å². The molecule has 2 nitrogen and oxygen atoms in total. The summed E-state index contributed by atoms with van der Waals surface area (Å²) >= 11 is 0. The van der Waals surface area contributed by atoms with Crippen molar-refractivity contribution in [1.82, 2.24) is 0 Å². The van der Waals surface area contributed by atoms with Crippen LogP contribution in [0.1, 0.15) is 70.4 Å². The standard InChI is InChI=1S/C17H29NO/c1-6-19-17-10-9-15(11-16(17)12(2)3)13(4)7-8-14(5)18/h9-14H,6-8,18H2,1-5H3. The normalized spacial score (nSPS) is 14.5. The summed E-state index contributed by atoms with van der Waals surface area (Å²) in [6, 6.07) is 6.91. The lowest BCUT2D eigenvalue weighted by Gasteiger charge is -2.18. The van der Waals surface area contributed by atoms with Gasteiger partial charge in [-0.3, -0.25) is 0 Å². The van der Waals surface area contributed by atoms with Gasteiger partial charge in [-0.25, -0.2) is 0 Å². The molecule has 0 amide bonds. The molecule has 0 heterocycles. The van der Waals surface area contributed by atoms with E-state index in [4.69, 9.17) is 10.5 Å². The molecule has 0 saturated carbocycles. The highest BCUT2D eigenvalue weighted by molar-refractivity contribution is 5.40. The van der Waals surface area contributed by atoms with E-state index in [1.807, 2.05) is 6.92 Å². The van der Waals surface area contributed by atoms with Crippen molar-refractivity contribution in [3.63, 3.8) is 0 Å². The summed E-state index contributed by atoms with van der Waals surface area (Å²) in [4.78, 5) is 0. The lowest BCUT2D eigenvalue weighted by Crippen LogP contribution is -2.15. The number of hydrogen-bond donors (Lipinski definition) is 1. The van der Waals surface area contributed by atoms with Gasteiger partial charge in [-0.05, 0) is 55.7 Å². The van der Waals surface area contributed by atoms with E-state index >= 15 is 0 Å². The highest BCUT2D eigenvalue weighted by Crippen LogP contribution is 2.31. The zero-order chi connectivity index (χ0) is 14.4. The van der Waals surface area contributed by atoms with Gasteiger partial charge in [0.1, 0.15) is 5.75 Å². The number of ether oxygens (including phenoxy) is 1. The highest BCUT2D eigenvalue weighted by atomic mass is 16.5. The van der Waals surface area contributed by atoms with E-state index in [1.54, 1.807) is 0 Å². The number of rotatable bonds is 7. The molecule has 108 valence electrons. The molecule has 0 aliphatic rings. The first-order valence-electron chi connectivity index (χ1n) is 7.47. The molecular weight excluding hydrogens is 234 g/mol. The van der Waals surface area contributed by atoms with Crippen molar-refractivity contribution < 1.29 is 4.74 Å². The molecule has 0 aromatic heterocycles. The lowest BCUT2D eigenvalue weighted by atomic mass is 9.90. The van der Waals surface area contributed by atoms with Gasteiger partial charge < -0.3 is 10.5 Å². The largest absolute Gasteiger partial charge is 0.494 e. The summed E-state index contributed by atoms with van der Waals surface area (Å²) in [6.07, 6.45) is 2.22.